The van der Waals surface area contributed by atoms with Crippen LogP contribution in [0, 0.1) is 29.6 Å². The number of amides is 3. The SMILES string of the molecule is CCOP(=O)(/C=C/[C@@H](NC(=O)[C@H](CC(C)C)NC(=O)[C@H](CO[C@H]1O[C@@H]2O[C@@]3(C)CC[C@H]4[C@H](C)CC[C@@H]([C@H]1C)[C@@]24OO3)NC(=O)OCc1ccccc1)c1ccccc1)OCC. The Labute approximate surface area is 359 Å². The number of hydrogen-bond donors (Lipinski definition) is 3. The highest BCUT2D eigenvalue weighted by atomic mass is 31.2. The van der Waals surface area contributed by atoms with Crippen LogP contribution in [-0.4, -0.2) is 73.8 Å². The third-order valence-electron chi connectivity index (χ3n) is 12.2. The van der Waals surface area contributed by atoms with Gasteiger partial charge in [-0.1, -0.05) is 88.4 Å². The summed E-state index contributed by atoms with van der Waals surface area (Å²) >= 11 is 0. The van der Waals surface area contributed by atoms with Crippen molar-refractivity contribution in [3.8, 4) is 0 Å². The Morgan fingerprint density at radius 2 is 1.54 bits per heavy atom. The number of hydrogen-bond acceptors (Lipinski definition) is 12. The van der Waals surface area contributed by atoms with E-state index in [-0.39, 0.29) is 56.5 Å². The standard InChI is InChI=1S/C45H64N3O12P/c1-8-55-61(52,56-9-2)25-23-36(33-18-14-11-15-19-33)46-39(49)37(26-29(3)4)47-40(50)38(48-43(51)54-27-32-16-12-10-13-17-32)28-53-41-31(6)35-21-20-30(5)34-22-24-44(7)58-42(57-41)45(34,35)60-59-44/h10-19,23,25,29-31,34-38,41-42H,8-9,20-22,24,26-28H2,1-7H3,(H,46,49)(H,47,50)(H,48,51)/b25-23+/t30-,31-,34+,35+,36-,37+,38+,41+,42-,44-,45-/m1/s1. The summed E-state index contributed by atoms with van der Waals surface area (Å²) in [5, 5.41) is 8.57. The largest absolute Gasteiger partial charge is 0.445 e. The number of nitrogens with one attached hydrogen (secondary N) is 3. The molecule has 0 unspecified atom stereocenters. The fourth-order valence-corrected chi connectivity index (χ4v) is 10.5. The monoisotopic (exact) mass is 869 g/mol. The molecule has 3 N–H and O–H groups in total. The molecule has 2 aromatic rings. The van der Waals surface area contributed by atoms with Crippen LogP contribution in [0.25, 0.3) is 0 Å². The van der Waals surface area contributed by atoms with E-state index in [2.05, 4.69) is 22.9 Å². The van der Waals surface area contributed by atoms with Gasteiger partial charge in [0.25, 0.3) is 0 Å². The highest BCUT2D eigenvalue weighted by molar-refractivity contribution is 7.57. The number of ether oxygens (including phenoxy) is 4. The second-order valence-electron chi connectivity index (χ2n) is 17.2. The zero-order valence-corrected chi connectivity index (χ0v) is 37.3. The summed E-state index contributed by atoms with van der Waals surface area (Å²) in [4.78, 5) is 54.1. The Balaban J connectivity index is 1.21. The van der Waals surface area contributed by atoms with Gasteiger partial charge in [0, 0.05) is 24.1 Å². The van der Waals surface area contributed by atoms with E-state index in [9.17, 15) is 18.9 Å². The van der Waals surface area contributed by atoms with Gasteiger partial charge in [-0.3, -0.25) is 14.2 Å². The van der Waals surface area contributed by atoms with E-state index in [1.54, 1.807) is 19.9 Å². The highest BCUT2D eigenvalue weighted by Crippen LogP contribution is 2.60. The molecular formula is C45H64N3O12P. The van der Waals surface area contributed by atoms with Gasteiger partial charge < -0.3 is 43.9 Å². The Morgan fingerprint density at radius 3 is 2.21 bits per heavy atom. The van der Waals surface area contributed by atoms with E-state index in [0.717, 1.165) is 24.8 Å². The summed E-state index contributed by atoms with van der Waals surface area (Å²) < 4.78 is 49.3. The number of alkyl carbamates (subject to hydrolysis) is 1. The van der Waals surface area contributed by atoms with Crippen molar-refractivity contribution in [2.45, 2.75) is 129 Å². The molecule has 4 aliphatic heterocycles. The first-order valence-electron chi connectivity index (χ1n) is 21.7. The van der Waals surface area contributed by atoms with Crippen molar-refractivity contribution in [1.82, 2.24) is 16.0 Å². The third-order valence-corrected chi connectivity index (χ3v) is 14.0. The Hall–Kier alpha value is -3.66. The maximum atomic E-state index is 14.4. The van der Waals surface area contributed by atoms with Gasteiger partial charge in [0.05, 0.1) is 25.9 Å². The molecule has 2 bridgehead atoms. The van der Waals surface area contributed by atoms with Crippen molar-refractivity contribution in [3.05, 3.63) is 83.7 Å². The first-order valence-corrected chi connectivity index (χ1v) is 23.3. The third kappa shape index (κ3) is 11.3. The summed E-state index contributed by atoms with van der Waals surface area (Å²) in [5.41, 5.74) is 0.658. The second-order valence-corrected chi connectivity index (χ2v) is 19.1. The van der Waals surface area contributed by atoms with Crippen LogP contribution in [0.2, 0.25) is 0 Å². The highest BCUT2D eigenvalue weighted by Gasteiger charge is 2.69. The molecule has 3 amide bonds. The lowest BCUT2D eigenvalue weighted by atomic mass is 9.58. The van der Waals surface area contributed by atoms with Gasteiger partial charge in [-0.15, -0.1) is 0 Å². The van der Waals surface area contributed by atoms with Gasteiger partial charge in [0.2, 0.25) is 17.6 Å². The van der Waals surface area contributed by atoms with Crippen molar-refractivity contribution < 1.29 is 56.7 Å². The molecule has 1 aliphatic carbocycles. The van der Waals surface area contributed by atoms with Crippen LogP contribution in [0.15, 0.2) is 72.6 Å². The van der Waals surface area contributed by atoms with Gasteiger partial charge in [-0.2, -0.15) is 0 Å². The lowest BCUT2D eigenvalue weighted by Crippen LogP contribution is -2.70. The number of carbonyl (C=O) groups is 3. The van der Waals surface area contributed by atoms with Crippen molar-refractivity contribution >= 4 is 25.5 Å². The van der Waals surface area contributed by atoms with Crippen molar-refractivity contribution in [1.29, 1.82) is 0 Å². The van der Waals surface area contributed by atoms with Gasteiger partial charge in [-0.25, -0.2) is 14.6 Å². The maximum Gasteiger partial charge on any atom is 0.408 e. The van der Waals surface area contributed by atoms with Crippen LogP contribution in [-0.2, 0) is 58.5 Å². The lowest BCUT2D eigenvalue weighted by Gasteiger charge is -2.60. The topological polar surface area (TPSA) is 178 Å². The minimum absolute atomic E-state index is 0.0230. The number of fused-ring (bicyclic) bond motifs is 2. The molecule has 4 heterocycles. The molecule has 5 fully saturated rings. The molecule has 16 heteroatoms. The predicted molar refractivity (Wildman–Crippen MR) is 225 cm³/mol. The summed E-state index contributed by atoms with van der Waals surface area (Å²) in [6.45, 7) is 13.4. The molecule has 2 aromatic carbocycles. The fraction of sp³-hybridized carbons (Fsp3) is 0.622. The Morgan fingerprint density at radius 1 is 0.869 bits per heavy atom. The van der Waals surface area contributed by atoms with E-state index >= 15 is 0 Å². The van der Waals surface area contributed by atoms with Crippen LogP contribution in [0.4, 0.5) is 4.79 Å². The van der Waals surface area contributed by atoms with Gasteiger partial charge in [0.1, 0.15) is 18.7 Å². The van der Waals surface area contributed by atoms with Gasteiger partial charge in [-0.05, 0) is 81.4 Å². The maximum absolute atomic E-state index is 14.4. The van der Waals surface area contributed by atoms with Crippen LogP contribution in [0.5, 0.6) is 0 Å². The van der Waals surface area contributed by atoms with E-state index < -0.39 is 67.6 Å². The first kappa shape index (κ1) is 46.8. The molecule has 5 aliphatic rings. The minimum Gasteiger partial charge on any atom is -0.445 e. The lowest BCUT2D eigenvalue weighted by molar-refractivity contribution is -0.577. The summed E-state index contributed by atoms with van der Waals surface area (Å²) in [6, 6.07) is 15.2. The van der Waals surface area contributed by atoms with Crippen LogP contribution < -0.4 is 16.0 Å². The normalized spacial score (nSPS) is 29.8. The summed E-state index contributed by atoms with van der Waals surface area (Å²) in [7, 11) is -3.61. The average Bonchev–Trinajstić information content (AvgIpc) is 3.47. The molecule has 15 nitrogen and oxygen atoms in total. The van der Waals surface area contributed by atoms with Crippen LogP contribution in [0.1, 0.15) is 97.7 Å². The smallest absolute Gasteiger partial charge is 0.408 e. The van der Waals surface area contributed by atoms with Crippen LogP contribution in [0.3, 0.4) is 0 Å². The molecule has 1 saturated carbocycles. The average molecular weight is 870 g/mol. The number of benzene rings is 2. The van der Waals surface area contributed by atoms with E-state index in [0.29, 0.717) is 17.9 Å². The summed E-state index contributed by atoms with van der Waals surface area (Å²) in [6.07, 6.45) is 2.76. The predicted octanol–water partition coefficient (Wildman–Crippen LogP) is 7.67. The molecule has 336 valence electrons. The minimum atomic E-state index is -3.61. The Bertz CT molecular complexity index is 1840. The fourth-order valence-electron chi connectivity index (χ4n) is 9.15. The molecular weight excluding hydrogens is 805 g/mol. The van der Waals surface area contributed by atoms with E-state index in [1.807, 2.05) is 88.4 Å². The molecule has 61 heavy (non-hydrogen) atoms. The quantitative estimate of drug-likeness (QED) is 0.0929. The zero-order chi connectivity index (χ0) is 43.8. The van der Waals surface area contributed by atoms with E-state index in [4.69, 9.17) is 37.8 Å². The van der Waals surface area contributed by atoms with Crippen LogP contribution >= 0.6 is 7.60 Å². The molecule has 0 radical (unpaired) electrons. The molecule has 7 rings (SSSR count). The van der Waals surface area contributed by atoms with Gasteiger partial charge in [0.15, 0.2) is 18.2 Å². The van der Waals surface area contributed by atoms with E-state index in [1.165, 1.54) is 5.82 Å². The van der Waals surface area contributed by atoms with Crippen molar-refractivity contribution in [2.24, 2.45) is 29.6 Å². The van der Waals surface area contributed by atoms with Gasteiger partial charge >= 0.3 is 13.7 Å². The second kappa shape index (κ2) is 20.7. The molecule has 4 saturated heterocycles. The zero-order valence-electron chi connectivity index (χ0n) is 36.4. The Kier molecular flexibility index (Phi) is 15.9. The molecule has 11 atom stereocenters. The number of carbonyl (C=O) groups excluding carboxylic acids is 3. The molecule has 1 spiro atoms. The first-order chi connectivity index (χ1) is 29.2. The number of rotatable bonds is 19. The van der Waals surface area contributed by atoms with Crippen molar-refractivity contribution in [2.75, 3.05) is 19.8 Å². The molecule has 0 aromatic heterocycles. The summed E-state index contributed by atoms with van der Waals surface area (Å²) in [5.74, 6) is -0.516. The van der Waals surface area contributed by atoms with Crippen molar-refractivity contribution in [3.63, 3.8) is 0 Å².